The van der Waals surface area contributed by atoms with E-state index in [1.807, 2.05) is 0 Å². The van der Waals surface area contributed by atoms with Crippen LogP contribution >= 0.6 is 0 Å². The van der Waals surface area contributed by atoms with Gasteiger partial charge in [0.2, 0.25) is 0 Å². The highest BCUT2D eigenvalue weighted by molar-refractivity contribution is 5.68. The fourth-order valence-electron chi connectivity index (χ4n) is 1.76. The molecule has 6 heteroatoms. The SMILES string of the molecule is COc1ccc(C(NC(=O)OC(C)(C)C)c2ccco2)o1. The molecule has 114 valence electrons. The number of methoxy groups -OCH3 is 1. The van der Waals surface area contributed by atoms with Crippen LogP contribution in [0.5, 0.6) is 5.95 Å². The molecule has 0 aliphatic heterocycles. The molecule has 0 bridgehead atoms. The third-order valence-corrected chi connectivity index (χ3v) is 2.58. The van der Waals surface area contributed by atoms with Gasteiger partial charge in [0.15, 0.2) is 0 Å². The number of hydrogen-bond acceptors (Lipinski definition) is 5. The summed E-state index contributed by atoms with van der Waals surface area (Å²) < 4.78 is 21.1. The van der Waals surface area contributed by atoms with Crippen molar-refractivity contribution in [3.63, 3.8) is 0 Å². The van der Waals surface area contributed by atoms with Crippen molar-refractivity contribution in [2.24, 2.45) is 0 Å². The topological polar surface area (TPSA) is 73.8 Å². The number of furan rings is 2. The van der Waals surface area contributed by atoms with Crippen LogP contribution in [0.25, 0.3) is 0 Å². The molecule has 0 fully saturated rings. The van der Waals surface area contributed by atoms with Gasteiger partial charge in [-0.2, -0.15) is 0 Å². The minimum atomic E-state index is -0.585. The zero-order valence-corrected chi connectivity index (χ0v) is 12.5. The zero-order valence-electron chi connectivity index (χ0n) is 12.5. The smallest absolute Gasteiger partial charge is 0.408 e. The van der Waals surface area contributed by atoms with E-state index in [0.717, 1.165) is 0 Å². The third-order valence-electron chi connectivity index (χ3n) is 2.58. The Kier molecular flexibility index (Phi) is 4.26. The molecule has 0 aliphatic rings. The first-order valence-corrected chi connectivity index (χ1v) is 6.55. The van der Waals surface area contributed by atoms with Crippen LogP contribution in [0.3, 0.4) is 0 Å². The molecule has 6 nitrogen and oxygen atoms in total. The highest BCUT2D eigenvalue weighted by Crippen LogP contribution is 2.27. The van der Waals surface area contributed by atoms with E-state index in [4.69, 9.17) is 18.3 Å². The second kappa shape index (κ2) is 5.95. The number of alkyl carbamates (subject to hydrolysis) is 1. The number of rotatable bonds is 4. The predicted octanol–water partition coefficient (Wildman–Crippen LogP) is 3.50. The Morgan fingerprint density at radius 2 is 2.00 bits per heavy atom. The molecule has 0 aliphatic carbocycles. The molecule has 1 N–H and O–H groups in total. The van der Waals surface area contributed by atoms with Crippen LogP contribution in [0.15, 0.2) is 39.4 Å². The van der Waals surface area contributed by atoms with Gasteiger partial charge in [-0.3, -0.25) is 0 Å². The largest absolute Gasteiger partial charge is 0.468 e. The third kappa shape index (κ3) is 4.05. The van der Waals surface area contributed by atoms with Gasteiger partial charge >= 0.3 is 6.09 Å². The minimum absolute atomic E-state index is 0.354. The van der Waals surface area contributed by atoms with Gasteiger partial charge in [-0.1, -0.05) is 0 Å². The molecule has 1 atom stereocenters. The van der Waals surface area contributed by atoms with Gasteiger partial charge in [-0.15, -0.1) is 0 Å². The Hall–Kier alpha value is -2.37. The van der Waals surface area contributed by atoms with E-state index in [2.05, 4.69) is 5.32 Å². The van der Waals surface area contributed by atoms with Crippen molar-refractivity contribution < 1.29 is 23.1 Å². The fourth-order valence-corrected chi connectivity index (χ4v) is 1.76. The lowest BCUT2D eigenvalue weighted by Crippen LogP contribution is -2.35. The average molecular weight is 293 g/mol. The maximum Gasteiger partial charge on any atom is 0.408 e. The highest BCUT2D eigenvalue weighted by atomic mass is 16.6. The molecule has 2 aromatic rings. The molecule has 0 radical (unpaired) electrons. The van der Waals surface area contributed by atoms with Gasteiger partial charge in [0.05, 0.1) is 13.4 Å². The van der Waals surface area contributed by atoms with E-state index in [9.17, 15) is 4.79 Å². The molecule has 2 rings (SSSR count). The van der Waals surface area contributed by atoms with Gasteiger partial charge in [0.25, 0.3) is 5.95 Å². The summed E-state index contributed by atoms with van der Waals surface area (Å²) in [6.45, 7) is 5.39. The molecule has 1 amide bonds. The maximum absolute atomic E-state index is 12.0. The minimum Gasteiger partial charge on any atom is -0.468 e. The van der Waals surface area contributed by atoms with Crippen LogP contribution < -0.4 is 10.1 Å². The van der Waals surface area contributed by atoms with Gasteiger partial charge < -0.3 is 23.6 Å². The van der Waals surface area contributed by atoms with Crippen molar-refractivity contribution in [1.29, 1.82) is 0 Å². The Bertz CT molecular complexity index is 579. The van der Waals surface area contributed by atoms with Crippen LogP contribution in [0.1, 0.15) is 38.3 Å². The van der Waals surface area contributed by atoms with E-state index < -0.39 is 17.7 Å². The first kappa shape index (κ1) is 15.0. The highest BCUT2D eigenvalue weighted by Gasteiger charge is 2.26. The first-order valence-electron chi connectivity index (χ1n) is 6.55. The summed E-state index contributed by atoms with van der Waals surface area (Å²) >= 11 is 0. The summed E-state index contributed by atoms with van der Waals surface area (Å²) in [6.07, 6.45) is 0.971. The maximum atomic E-state index is 12.0. The second-order valence-electron chi connectivity index (χ2n) is 5.46. The number of nitrogens with one attached hydrogen (secondary N) is 1. The molecule has 1 unspecified atom stereocenters. The number of hydrogen-bond donors (Lipinski definition) is 1. The van der Waals surface area contributed by atoms with E-state index in [1.165, 1.54) is 13.4 Å². The number of amides is 1. The normalized spacial score (nSPS) is 12.8. The van der Waals surface area contributed by atoms with Gasteiger partial charge in [0, 0.05) is 6.07 Å². The van der Waals surface area contributed by atoms with Crippen molar-refractivity contribution in [2.75, 3.05) is 7.11 Å². The van der Waals surface area contributed by atoms with Crippen LogP contribution in [0.4, 0.5) is 4.79 Å². The van der Waals surface area contributed by atoms with Crippen molar-refractivity contribution >= 4 is 6.09 Å². The standard InChI is InChI=1S/C15H19NO5/c1-15(2,3)21-14(17)16-13(10-6-5-9-19-10)11-7-8-12(18-4)20-11/h5-9,13H,1-4H3,(H,16,17). The number of carbonyl (C=O) groups excluding carboxylic acids is 1. The Balaban J connectivity index is 2.19. The number of ether oxygens (including phenoxy) is 2. The van der Waals surface area contributed by atoms with E-state index in [1.54, 1.807) is 45.0 Å². The molecular weight excluding hydrogens is 274 g/mol. The molecule has 0 saturated heterocycles. The molecule has 0 aromatic carbocycles. The summed E-state index contributed by atoms with van der Waals surface area (Å²) in [5.41, 5.74) is -0.585. The summed E-state index contributed by atoms with van der Waals surface area (Å²) in [5, 5.41) is 2.73. The summed E-state index contributed by atoms with van der Waals surface area (Å²) in [4.78, 5) is 12.0. The average Bonchev–Trinajstić information content (AvgIpc) is 3.05. The van der Waals surface area contributed by atoms with Crippen molar-refractivity contribution in [3.8, 4) is 5.95 Å². The van der Waals surface area contributed by atoms with Gasteiger partial charge in [0.1, 0.15) is 23.2 Å². The van der Waals surface area contributed by atoms with E-state index in [-0.39, 0.29) is 0 Å². The van der Waals surface area contributed by atoms with Gasteiger partial charge in [-0.25, -0.2) is 4.79 Å². The number of carbonyl (C=O) groups is 1. The predicted molar refractivity (Wildman–Crippen MR) is 75.2 cm³/mol. The van der Waals surface area contributed by atoms with Crippen molar-refractivity contribution in [2.45, 2.75) is 32.4 Å². The lowest BCUT2D eigenvalue weighted by Gasteiger charge is -2.22. The zero-order chi connectivity index (χ0) is 15.5. The van der Waals surface area contributed by atoms with Crippen LogP contribution in [0, 0.1) is 0 Å². The van der Waals surface area contributed by atoms with Crippen molar-refractivity contribution in [1.82, 2.24) is 5.32 Å². The summed E-state index contributed by atoms with van der Waals surface area (Å²) in [5.74, 6) is 1.39. The van der Waals surface area contributed by atoms with Gasteiger partial charge in [-0.05, 0) is 39.0 Å². The van der Waals surface area contributed by atoms with Crippen LogP contribution in [0.2, 0.25) is 0 Å². The lowest BCUT2D eigenvalue weighted by atomic mass is 10.1. The first-order chi connectivity index (χ1) is 9.89. The molecule has 2 aromatic heterocycles. The molecule has 0 saturated carbocycles. The Labute approximate surface area is 123 Å². The Morgan fingerprint density at radius 1 is 1.24 bits per heavy atom. The molecule has 2 heterocycles. The fraction of sp³-hybridized carbons (Fsp3) is 0.400. The van der Waals surface area contributed by atoms with Crippen LogP contribution in [-0.2, 0) is 4.74 Å². The van der Waals surface area contributed by atoms with E-state index in [0.29, 0.717) is 17.5 Å². The summed E-state index contributed by atoms with van der Waals surface area (Å²) in [7, 11) is 1.51. The molecular formula is C15H19NO5. The second-order valence-corrected chi connectivity index (χ2v) is 5.46. The molecule has 21 heavy (non-hydrogen) atoms. The molecule has 0 spiro atoms. The Morgan fingerprint density at radius 3 is 2.52 bits per heavy atom. The monoisotopic (exact) mass is 293 g/mol. The lowest BCUT2D eigenvalue weighted by molar-refractivity contribution is 0.0500. The summed E-state index contributed by atoms with van der Waals surface area (Å²) in [6, 6.07) is 6.28. The quantitative estimate of drug-likeness (QED) is 0.934. The van der Waals surface area contributed by atoms with E-state index >= 15 is 0 Å². The van der Waals surface area contributed by atoms with Crippen molar-refractivity contribution in [3.05, 3.63) is 42.0 Å². The van der Waals surface area contributed by atoms with Crippen LogP contribution in [-0.4, -0.2) is 18.8 Å².